The van der Waals surface area contributed by atoms with Crippen LogP contribution in [0, 0.1) is 11.7 Å². The summed E-state index contributed by atoms with van der Waals surface area (Å²) in [5, 5.41) is 10.7. The Hall–Kier alpha value is -3.41. The van der Waals surface area contributed by atoms with Crippen molar-refractivity contribution in [2.45, 2.75) is 31.1 Å². The molecule has 0 unspecified atom stereocenters. The van der Waals surface area contributed by atoms with Crippen LogP contribution in [0.25, 0.3) is 11.4 Å². The Balaban J connectivity index is 1.43. The third-order valence-electron chi connectivity index (χ3n) is 5.61. The highest BCUT2D eigenvalue weighted by Gasteiger charge is 2.54. The fourth-order valence-corrected chi connectivity index (χ4v) is 4.16. The van der Waals surface area contributed by atoms with Gasteiger partial charge in [0.2, 0.25) is 5.91 Å². The summed E-state index contributed by atoms with van der Waals surface area (Å²) in [7, 11) is 0. The molecule has 170 valence electrons. The lowest BCUT2D eigenvalue weighted by molar-refractivity contribution is -0.137. The van der Waals surface area contributed by atoms with E-state index in [-0.39, 0.29) is 22.8 Å². The van der Waals surface area contributed by atoms with Gasteiger partial charge in [-0.3, -0.25) is 4.79 Å². The lowest BCUT2D eigenvalue weighted by Gasteiger charge is -2.27. The van der Waals surface area contributed by atoms with E-state index in [2.05, 4.69) is 30.5 Å². The molecule has 0 radical (unpaired) electrons. The number of aromatic nitrogens is 5. The molecular weight excluding hydrogens is 466 g/mol. The van der Waals surface area contributed by atoms with E-state index in [0.29, 0.717) is 24.4 Å². The summed E-state index contributed by atoms with van der Waals surface area (Å²) in [5.41, 5.74) is -1.53. The van der Waals surface area contributed by atoms with E-state index in [0.717, 1.165) is 24.9 Å². The van der Waals surface area contributed by atoms with Crippen LogP contribution in [0.4, 0.5) is 29.2 Å². The summed E-state index contributed by atoms with van der Waals surface area (Å²) in [6.45, 7) is 0. The minimum absolute atomic E-state index is 0.112. The second kappa shape index (κ2) is 7.87. The van der Waals surface area contributed by atoms with Gasteiger partial charge in [-0.1, -0.05) is 11.6 Å². The first-order valence-electron chi connectivity index (χ1n) is 9.84. The third-order valence-corrected chi connectivity index (χ3v) is 5.81. The number of anilines is 2. The van der Waals surface area contributed by atoms with Gasteiger partial charge in [0, 0.05) is 17.8 Å². The van der Waals surface area contributed by atoms with Crippen LogP contribution in [0.1, 0.15) is 18.4 Å². The molecule has 2 fully saturated rings. The first-order chi connectivity index (χ1) is 15.7. The van der Waals surface area contributed by atoms with Gasteiger partial charge in [-0.05, 0) is 37.0 Å². The highest BCUT2D eigenvalue weighted by Crippen LogP contribution is 2.49. The molecule has 1 aliphatic heterocycles. The van der Waals surface area contributed by atoms with Crippen LogP contribution < -0.4 is 10.2 Å². The number of rotatable bonds is 4. The number of carbonyl (C=O) groups is 1. The van der Waals surface area contributed by atoms with Crippen LogP contribution in [-0.4, -0.2) is 43.1 Å². The minimum Gasteiger partial charge on any atom is -0.340 e. The standard InChI is InChI=1S/C20H14ClF4N7O/c21-15-1-2-17(31-30-15)32-13-3-9(13)4-14(32)19(33)29-16-5-11(12(8-26-16)20(23,24)25)18-27-6-10(22)7-28-18/h1-2,5-9,13-14H,3-4H2,(H,26,29,33)/t9-,13-,14-/m1/s1. The van der Waals surface area contributed by atoms with Gasteiger partial charge in [-0.25, -0.2) is 19.3 Å². The second-order valence-corrected chi connectivity index (χ2v) is 8.15. The molecule has 1 N–H and O–H groups in total. The van der Waals surface area contributed by atoms with Gasteiger partial charge in [0.05, 0.1) is 18.0 Å². The molecule has 3 atom stereocenters. The molecule has 4 heterocycles. The number of nitrogens with one attached hydrogen (secondary N) is 1. The lowest BCUT2D eigenvalue weighted by atomic mass is 10.1. The van der Waals surface area contributed by atoms with Gasteiger partial charge in [0.1, 0.15) is 11.9 Å². The Morgan fingerprint density at radius 3 is 2.52 bits per heavy atom. The van der Waals surface area contributed by atoms with Crippen molar-refractivity contribution in [3.8, 4) is 11.4 Å². The number of nitrogens with zero attached hydrogens (tertiary/aromatic N) is 6. The van der Waals surface area contributed by atoms with Crippen LogP contribution in [0.15, 0.2) is 36.8 Å². The van der Waals surface area contributed by atoms with Gasteiger partial charge < -0.3 is 10.2 Å². The predicted molar refractivity (Wildman–Crippen MR) is 109 cm³/mol. The van der Waals surface area contributed by atoms with E-state index in [4.69, 9.17) is 11.6 Å². The molecule has 3 aromatic heterocycles. The van der Waals surface area contributed by atoms with Crippen molar-refractivity contribution in [2.75, 3.05) is 10.2 Å². The summed E-state index contributed by atoms with van der Waals surface area (Å²) in [4.78, 5) is 25.9. The van der Waals surface area contributed by atoms with E-state index in [1.807, 2.05) is 4.90 Å². The van der Waals surface area contributed by atoms with Crippen LogP contribution in [0.2, 0.25) is 5.15 Å². The predicted octanol–water partition coefficient (Wildman–Crippen LogP) is 3.75. The molecule has 3 aromatic rings. The van der Waals surface area contributed by atoms with Gasteiger partial charge in [-0.2, -0.15) is 13.2 Å². The first-order valence-corrected chi connectivity index (χ1v) is 10.2. The monoisotopic (exact) mass is 479 g/mol. The highest BCUT2D eigenvalue weighted by atomic mass is 35.5. The van der Waals surface area contributed by atoms with E-state index >= 15 is 0 Å². The molecule has 8 nitrogen and oxygen atoms in total. The van der Waals surface area contributed by atoms with Gasteiger partial charge in [0.25, 0.3) is 0 Å². The fourth-order valence-electron chi connectivity index (χ4n) is 4.06. The Bertz CT molecular complexity index is 1210. The van der Waals surface area contributed by atoms with E-state index < -0.39 is 35.1 Å². The Morgan fingerprint density at radius 1 is 1.09 bits per heavy atom. The molecule has 1 aliphatic carbocycles. The molecule has 13 heteroatoms. The SMILES string of the molecule is O=C(Nc1cc(-c2ncc(F)cn2)c(C(F)(F)F)cn1)[C@H]1C[C@H]2C[C@H]2N1c1ccc(Cl)nn1. The molecule has 5 rings (SSSR count). The largest absolute Gasteiger partial charge is 0.418 e. The Morgan fingerprint density at radius 2 is 1.85 bits per heavy atom. The Kier molecular flexibility index (Phi) is 5.11. The zero-order valence-electron chi connectivity index (χ0n) is 16.6. The van der Waals surface area contributed by atoms with E-state index in [1.165, 1.54) is 0 Å². The molecule has 1 saturated heterocycles. The number of hydrogen-bond acceptors (Lipinski definition) is 7. The zero-order valence-corrected chi connectivity index (χ0v) is 17.3. The quantitative estimate of drug-likeness (QED) is 0.569. The summed E-state index contributed by atoms with van der Waals surface area (Å²) < 4.78 is 53.6. The normalized spacial score (nSPS) is 21.6. The first kappa shape index (κ1) is 21.4. The Labute approximate surface area is 189 Å². The number of piperidine rings is 1. The number of hydrogen-bond donors (Lipinski definition) is 1. The molecule has 33 heavy (non-hydrogen) atoms. The van der Waals surface area contributed by atoms with Gasteiger partial charge in [-0.15, -0.1) is 10.2 Å². The molecule has 1 amide bonds. The second-order valence-electron chi connectivity index (χ2n) is 7.76. The summed E-state index contributed by atoms with van der Waals surface area (Å²) >= 11 is 5.80. The average molecular weight is 480 g/mol. The van der Waals surface area contributed by atoms with Gasteiger partial charge in [0.15, 0.2) is 22.6 Å². The number of alkyl halides is 3. The van der Waals surface area contributed by atoms with Crippen molar-refractivity contribution in [2.24, 2.45) is 5.92 Å². The summed E-state index contributed by atoms with van der Waals surface area (Å²) in [5.74, 6) is -0.884. The third kappa shape index (κ3) is 4.17. The summed E-state index contributed by atoms with van der Waals surface area (Å²) in [6.07, 6.45) is -1.16. The van der Waals surface area contributed by atoms with E-state index in [9.17, 15) is 22.4 Å². The van der Waals surface area contributed by atoms with Crippen LogP contribution in [0.3, 0.4) is 0 Å². The van der Waals surface area contributed by atoms with Crippen molar-refractivity contribution >= 4 is 29.1 Å². The molecule has 0 aromatic carbocycles. The minimum atomic E-state index is -4.75. The number of halogens is 5. The molecule has 0 spiro atoms. The maximum atomic E-state index is 13.5. The van der Waals surface area contributed by atoms with Crippen molar-refractivity contribution in [3.05, 3.63) is 53.3 Å². The summed E-state index contributed by atoms with van der Waals surface area (Å²) in [6, 6.07) is 3.80. The van der Waals surface area contributed by atoms with Crippen molar-refractivity contribution in [3.63, 3.8) is 0 Å². The zero-order chi connectivity index (χ0) is 23.3. The highest BCUT2D eigenvalue weighted by molar-refractivity contribution is 6.29. The number of fused-ring (bicyclic) bond motifs is 1. The van der Waals surface area contributed by atoms with Crippen molar-refractivity contribution in [1.82, 2.24) is 25.1 Å². The molecular formula is C20H14ClF4N7O. The maximum absolute atomic E-state index is 13.5. The number of carbonyl (C=O) groups excluding carboxylic acids is 1. The molecule has 1 saturated carbocycles. The van der Waals surface area contributed by atoms with Crippen molar-refractivity contribution in [1.29, 1.82) is 0 Å². The number of amides is 1. The fraction of sp³-hybridized carbons (Fsp3) is 0.300. The number of pyridine rings is 1. The van der Waals surface area contributed by atoms with Crippen LogP contribution in [-0.2, 0) is 11.0 Å². The molecule has 0 bridgehead atoms. The average Bonchev–Trinajstić information content (AvgIpc) is 3.44. The topological polar surface area (TPSA) is 96.8 Å². The van der Waals surface area contributed by atoms with Gasteiger partial charge >= 0.3 is 6.18 Å². The smallest absolute Gasteiger partial charge is 0.340 e. The maximum Gasteiger partial charge on any atom is 0.418 e. The van der Waals surface area contributed by atoms with Crippen LogP contribution >= 0.6 is 11.6 Å². The molecule has 2 aliphatic rings. The van der Waals surface area contributed by atoms with E-state index in [1.54, 1.807) is 12.1 Å². The van der Waals surface area contributed by atoms with Crippen molar-refractivity contribution < 1.29 is 22.4 Å². The lowest BCUT2D eigenvalue weighted by Crippen LogP contribution is -2.42. The van der Waals surface area contributed by atoms with Crippen LogP contribution in [0.5, 0.6) is 0 Å².